The van der Waals surface area contributed by atoms with Gasteiger partial charge in [-0.25, -0.2) is 10.2 Å². The van der Waals surface area contributed by atoms with Crippen molar-refractivity contribution < 1.29 is 4.79 Å². The summed E-state index contributed by atoms with van der Waals surface area (Å²) in [5, 5.41) is 6.64. The first-order valence-electron chi connectivity index (χ1n) is 6.37. The zero-order valence-electron chi connectivity index (χ0n) is 11.6. The van der Waals surface area contributed by atoms with Crippen LogP contribution in [0.4, 0.5) is 10.5 Å². The summed E-state index contributed by atoms with van der Waals surface area (Å²) in [6.07, 6.45) is 1.65. The molecule has 0 aromatic heterocycles. The van der Waals surface area contributed by atoms with Crippen LogP contribution in [0.3, 0.4) is 0 Å². The third kappa shape index (κ3) is 3.95. The van der Waals surface area contributed by atoms with Crippen molar-refractivity contribution in [2.24, 2.45) is 5.10 Å². The highest BCUT2D eigenvalue weighted by Crippen LogP contribution is 2.08. The molecule has 2 N–H and O–H groups in total. The van der Waals surface area contributed by atoms with Gasteiger partial charge in [0.1, 0.15) is 0 Å². The Morgan fingerprint density at radius 2 is 1.85 bits per heavy atom. The van der Waals surface area contributed by atoms with Crippen molar-refractivity contribution >= 4 is 17.9 Å². The molecule has 0 aliphatic heterocycles. The highest BCUT2D eigenvalue weighted by molar-refractivity contribution is 5.90. The lowest BCUT2D eigenvalue weighted by Gasteiger charge is -2.04. The summed E-state index contributed by atoms with van der Waals surface area (Å²) in [4.78, 5) is 11.6. The van der Waals surface area contributed by atoms with Gasteiger partial charge >= 0.3 is 6.03 Å². The van der Waals surface area contributed by atoms with Gasteiger partial charge in [0.25, 0.3) is 0 Å². The molecule has 102 valence electrons. The number of rotatable bonds is 3. The Kier molecular flexibility index (Phi) is 4.50. The van der Waals surface area contributed by atoms with Crippen LogP contribution < -0.4 is 10.7 Å². The predicted octanol–water partition coefficient (Wildman–Crippen LogP) is 3.46. The van der Waals surface area contributed by atoms with E-state index in [1.54, 1.807) is 6.21 Å². The zero-order valence-corrected chi connectivity index (χ0v) is 11.6. The van der Waals surface area contributed by atoms with Crippen molar-refractivity contribution in [3.8, 4) is 0 Å². The number of anilines is 1. The number of hydrazone groups is 1. The number of benzene rings is 2. The first-order chi connectivity index (χ1) is 9.65. The van der Waals surface area contributed by atoms with E-state index in [-0.39, 0.29) is 6.03 Å². The molecule has 0 saturated carbocycles. The number of carbonyl (C=O) groups is 1. The number of amides is 2. The summed E-state index contributed by atoms with van der Waals surface area (Å²) in [5.41, 5.74) is 6.44. The lowest BCUT2D eigenvalue weighted by Crippen LogP contribution is -2.24. The Morgan fingerprint density at radius 3 is 2.60 bits per heavy atom. The van der Waals surface area contributed by atoms with Gasteiger partial charge in [-0.2, -0.15) is 5.10 Å². The van der Waals surface area contributed by atoms with Gasteiger partial charge in [0, 0.05) is 5.69 Å². The molecule has 0 atom stereocenters. The molecule has 2 rings (SSSR count). The number of hydrogen-bond donors (Lipinski definition) is 2. The average Bonchev–Trinajstić information content (AvgIpc) is 2.44. The quantitative estimate of drug-likeness (QED) is 0.649. The van der Waals surface area contributed by atoms with Crippen LogP contribution >= 0.6 is 0 Å². The van der Waals surface area contributed by atoms with Crippen LogP contribution in [0.5, 0.6) is 0 Å². The maximum atomic E-state index is 11.6. The lowest BCUT2D eigenvalue weighted by atomic mass is 10.1. The highest BCUT2D eigenvalue weighted by Gasteiger charge is 1.99. The van der Waals surface area contributed by atoms with Gasteiger partial charge in [-0.05, 0) is 37.1 Å². The fraction of sp³-hybridized carbons (Fsp3) is 0.125. The van der Waals surface area contributed by atoms with Crippen LogP contribution in [0.1, 0.15) is 16.7 Å². The minimum Gasteiger partial charge on any atom is -0.307 e. The second-order valence-corrected chi connectivity index (χ2v) is 4.55. The second-order valence-electron chi connectivity index (χ2n) is 4.55. The van der Waals surface area contributed by atoms with E-state index >= 15 is 0 Å². The third-order valence-corrected chi connectivity index (χ3v) is 2.84. The minimum atomic E-state index is -0.363. The molecule has 2 aromatic rings. The van der Waals surface area contributed by atoms with Gasteiger partial charge < -0.3 is 5.32 Å². The van der Waals surface area contributed by atoms with E-state index in [0.29, 0.717) is 0 Å². The van der Waals surface area contributed by atoms with E-state index in [0.717, 1.165) is 22.4 Å². The topological polar surface area (TPSA) is 53.5 Å². The second kappa shape index (κ2) is 6.52. The molecular weight excluding hydrogens is 250 g/mol. The fourth-order valence-electron chi connectivity index (χ4n) is 1.74. The van der Waals surface area contributed by atoms with E-state index in [4.69, 9.17) is 0 Å². The Balaban J connectivity index is 1.93. The van der Waals surface area contributed by atoms with Gasteiger partial charge in [0.2, 0.25) is 0 Å². The smallest absolute Gasteiger partial charge is 0.307 e. The predicted molar refractivity (Wildman–Crippen MR) is 82.1 cm³/mol. The van der Waals surface area contributed by atoms with Crippen LogP contribution in [0, 0.1) is 13.8 Å². The Bertz CT molecular complexity index is 621. The van der Waals surface area contributed by atoms with Crippen LogP contribution in [0.15, 0.2) is 53.6 Å². The van der Waals surface area contributed by atoms with Crippen molar-refractivity contribution in [1.82, 2.24) is 5.43 Å². The maximum Gasteiger partial charge on any atom is 0.339 e. The molecule has 0 aliphatic rings. The highest BCUT2D eigenvalue weighted by atomic mass is 16.2. The van der Waals surface area contributed by atoms with Crippen molar-refractivity contribution in [2.45, 2.75) is 13.8 Å². The molecule has 20 heavy (non-hydrogen) atoms. The van der Waals surface area contributed by atoms with Gasteiger partial charge in [0.05, 0.1) is 6.21 Å². The number of hydrogen-bond acceptors (Lipinski definition) is 2. The molecule has 0 bridgehead atoms. The molecule has 0 heterocycles. The lowest BCUT2D eigenvalue weighted by molar-refractivity contribution is 0.252. The SMILES string of the molecule is Cc1ccc(C)c(/C=N\NC(=O)Nc2ccccc2)c1. The van der Waals surface area contributed by atoms with Crippen LogP contribution in [0.2, 0.25) is 0 Å². The molecule has 0 unspecified atom stereocenters. The summed E-state index contributed by atoms with van der Waals surface area (Å²) in [5.74, 6) is 0. The number of nitrogens with one attached hydrogen (secondary N) is 2. The molecule has 0 fully saturated rings. The molecule has 0 aliphatic carbocycles. The van der Waals surface area contributed by atoms with E-state index in [9.17, 15) is 4.79 Å². The van der Waals surface area contributed by atoms with E-state index in [1.807, 2.05) is 62.4 Å². The van der Waals surface area contributed by atoms with Crippen molar-refractivity contribution in [2.75, 3.05) is 5.32 Å². The van der Waals surface area contributed by atoms with Crippen molar-refractivity contribution in [1.29, 1.82) is 0 Å². The zero-order chi connectivity index (χ0) is 14.4. The summed E-state index contributed by atoms with van der Waals surface area (Å²) in [7, 11) is 0. The van der Waals surface area contributed by atoms with E-state index in [1.165, 1.54) is 0 Å². The molecule has 4 heteroatoms. The summed E-state index contributed by atoms with van der Waals surface area (Å²) >= 11 is 0. The Hall–Kier alpha value is -2.62. The number of para-hydroxylation sites is 1. The first-order valence-corrected chi connectivity index (χ1v) is 6.37. The molecular formula is C16H17N3O. The van der Waals surface area contributed by atoms with E-state index < -0.39 is 0 Å². The number of urea groups is 1. The number of aryl methyl sites for hydroxylation is 2. The normalized spacial score (nSPS) is 10.5. The van der Waals surface area contributed by atoms with Gasteiger partial charge in [-0.3, -0.25) is 0 Å². The summed E-state index contributed by atoms with van der Waals surface area (Å²) < 4.78 is 0. The molecule has 4 nitrogen and oxygen atoms in total. The molecule has 2 amide bonds. The molecule has 2 aromatic carbocycles. The Labute approximate surface area is 118 Å². The molecule has 0 spiro atoms. The van der Waals surface area contributed by atoms with Gasteiger partial charge in [-0.1, -0.05) is 42.0 Å². The van der Waals surface area contributed by atoms with Gasteiger partial charge in [0.15, 0.2) is 0 Å². The van der Waals surface area contributed by atoms with Crippen LogP contribution in [0.25, 0.3) is 0 Å². The standard InChI is InChI=1S/C16H17N3O/c1-12-8-9-13(2)14(10-12)11-17-19-16(20)18-15-6-4-3-5-7-15/h3-11H,1-2H3,(H2,18,19,20)/b17-11-. The summed E-state index contributed by atoms with van der Waals surface area (Å²) in [6.45, 7) is 4.02. The number of nitrogens with zero attached hydrogens (tertiary/aromatic N) is 1. The van der Waals surface area contributed by atoms with Gasteiger partial charge in [-0.15, -0.1) is 0 Å². The monoisotopic (exact) mass is 267 g/mol. The Morgan fingerprint density at radius 1 is 1.10 bits per heavy atom. The third-order valence-electron chi connectivity index (χ3n) is 2.84. The minimum absolute atomic E-state index is 0.363. The average molecular weight is 267 g/mol. The first kappa shape index (κ1) is 13.8. The largest absolute Gasteiger partial charge is 0.339 e. The van der Waals surface area contributed by atoms with Crippen molar-refractivity contribution in [3.63, 3.8) is 0 Å². The van der Waals surface area contributed by atoms with E-state index in [2.05, 4.69) is 15.8 Å². The molecule has 0 radical (unpaired) electrons. The fourth-order valence-corrected chi connectivity index (χ4v) is 1.74. The molecule has 0 saturated heterocycles. The summed E-state index contributed by atoms with van der Waals surface area (Å²) in [6, 6.07) is 15.0. The number of carbonyl (C=O) groups excluding carboxylic acids is 1. The maximum absolute atomic E-state index is 11.6. The van der Waals surface area contributed by atoms with Crippen molar-refractivity contribution in [3.05, 3.63) is 65.2 Å². The van der Waals surface area contributed by atoms with Crippen LogP contribution in [-0.2, 0) is 0 Å². The van der Waals surface area contributed by atoms with Crippen LogP contribution in [-0.4, -0.2) is 12.2 Å².